The van der Waals surface area contributed by atoms with Gasteiger partial charge < -0.3 is 4.40 Å². The molecular weight excluding hydrogens is 297 g/mol. The summed E-state index contributed by atoms with van der Waals surface area (Å²) >= 11 is 0. The largest absolute Gasteiger partial charge is 0.417 e. The van der Waals surface area contributed by atoms with E-state index in [1.165, 1.54) is 10.5 Å². The Morgan fingerprint density at radius 3 is 2.41 bits per heavy atom. The van der Waals surface area contributed by atoms with Crippen LogP contribution in [0.3, 0.4) is 0 Å². The lowest BCUT2D eigenvalue weighted by molar-refractivity contribution is -0.137. The summed E-state index contributed by atoms with van der Waals surface area (Å²) in [4.78, 5) is 4.06. The third-order valence-electron chi connectivity index (χ3n) is 2.45. The molecule has 2 aromatic heterocycles. The molecule has 0 N–H and O–H groups in total. The average Bonchev–Trinajstić information content (AvgIpc) is 2.58. The first-order chi connectivity index (χ1) is 7.39. The number of alkyl halides is 3. The number of pyridine rings is 1. The second-order valence-corrected chi connectivity index (χ2v) is 3.98. The Balaban J connectivity index is 0.00000144. The molecule has 0 amide bonds. The summed E-state index contributed by atoms with van der Waals surface area (Å²) in [5, 5.41) is 0. The van der Waals surface area contributed by atoms with Crippen molar-refractivity contribution in [3.63, 3.8) is 0 Å². The van der Waals surface area contributed by atoms with Crippen LogP contribution >= 0.6 is 17.0 Å². The standard InChI is InChI=1S/C11H11F3N2.BrH/c1-7(2)9-5-15-10-4-3-8(6-16(9)10)11(12,13)14;/h3-7H,1-2H3;1H. The zero-order valence-electron chi connectivity index (χ0n) is 9.32. The van der Waals surface area contributed by atoms with Gasteiger partial charge in [-0.25, -0.2) is 4.98 Å². The number of nitrogens with zero attached hydrogens (tertiary/aromatic N) is 2. The molecular formula is C11H12BrF3N2. The maximum Gasteiger partial charge on any atom is 0.417 e. The van der Waals surface area contributed by atoms with E-state index in [4.69, 9.17) is 0 Å². The van der Waals surface area contributed by atoms with Gasteiger partial charge in [0.15, 0.2) is 0 Å². The molecule has 0 bridgehead atoms. The predicted molar refractivity (Wildman–Crippen MR) is 64.6 cm³/mol. The molecule has 0 aliphatic rings. The van der Waals surface area contributed by atoms with Crippen molar-refractivity contribution in [1.29, 1.82) is 0 Å². The highest BCUT2D eigenvalue weighted by Gasteiger charge is 2.31. The van der Waals surface area contributed by atoms with Crippen LogP contribution in [0.5, 0.6) is 0 Å². The minimum Gasteiger partial charge on any atom is -0.303 e. The first-order valence-electron chi connectivity index (χ1n) is 4.94. The van der Waals surface area contributed by atoms with Crippen LogP contribution in [0.4, 0.5) is 13.2 Å². The lowest BCUT2D eigenvalue weighted by Gasteiger charge is -2.09. The number of hydrogen-bond acceptors (Lipinski definition) is 1. The van der Waals surface area contributed by atoms with Crippen molar-refractivity contribution in [3.05, 3.63) is 35.8 Å². The molecule has 17 heavy (non-hydrogen) atoms. The molecule has 0 saturated heterocycles. The summed E-state index contributed by atoms with van der Waals surface area (Å²) in [7, 11) is 0. The molecule has 0 radical (unpaired) electrons. The second kappa shape index (κ2) is 4.68. The van der Waals surface area contributed by atoms with Gasteiger partial charge in [0.25, 0.3) is 0 Å². The number of hydrogen-bond donors (Lipinski definition) is 0. The van der Waals surface area contributed by atoms with E-state index in [1.54, 1.807) is 6.20 Å². The quantitative estimate of drug-likeness (QED) is 0.776. The Morgan fingerprint density at radius 2 is 1.88 bits per heavy atom. The Labute approximate surface area is 107 Å². The third-order valence-corrected chi connectivity index (χ3v) is 2.45. The number of fused-ring (bicyclic) bond motifs is 1. The Bertz CT molecular complexity index is 517. The van der Waals surface area contributed by atoms with E-state index in [1.807, 2.05) is 13.8 Å². The van der Waals surface area contributed by atoms with Crippen molar-refractivity contribution < 1.29 is 13.2 Å². The lowest BCUT2D eigenvalue weighted by atomic mass is 10.1. The van der Waals surface area contributed by atoms with Crippen LogP contribution in [-0.4, -0.2) is 9.38 Å². The molecule has 0 aliphatic heterocycles. The maximum atomic E-state index is 12.5. The monoisotopic (exact) mass is 308 g/mol. The van der Waals surface area contributed by atoms with Crippen LogP contribution in [0, 0.1) is 0 Å². The summed E-state index contributed by atoms with van der Waals surface area (Å²) in [5.74, 6) is 0.137. The van der Waals surface area contributed by atoms with Gasteiger partial charge >= 0.3 is 6.18 Å². The van der Waals surface area contributed by atoms with Gasteiger partial charge in [-0.2, -0.15) is 13.2 Å². The van der Waals surface area contributed by atoms with E-state index in [9.17, 15) is 13.2 Å². The SMILES string of the molecule is Br.CC(C)c1cnc2ccc(C(F)(F)F)cn12. The Morgan fingerprint density at radius 1 is 1.24 bits per heavy atom. The van der Waals surface area contributed by atoms with E-state index >= 15 is 0 Å². The molecule has 6 heteroatoms. The van der Waals surface area contributed by atoms with Gasteiger partial charge in [0.1, 0.15) is 5.65 Å². The minimum atomic E-state index is -4.31. The van der Waals surface area contributed by atoms with Gasteiger partial charge in [0.05, 0.1) is 5.56 Å². The topological polar surface area (TPSA) is 17.3 Å². The highest BCUT2D eigenvalue weighted by Crippen LogP contribution is 2.30. The van der Waals surface area contributed by atoms with Crippen LogP contribution in [0.25, 0.3) is 5.65 Å². The van der Waals surface area contributed by atoms with Crippen molar-refractivity contribution in [2.45, 2.75) is 25.9 Å². The zero-order valence-corrected chi connectivity index (χ0v) is 11.0. The van der Waals surface area contributed by atoms with Gasteiger partial charge in [-0.15, -0.1) is 17.0 Å². The summed E-state index contributed by atoms with van der Waals surface area (Å²) in [5.41, 5.74) is 0.665. The Hall–Kier alpha value is -1.04. The first-order valence-corrected chi connectivity index (χ1v) is 4.94. The van der Waals surface area contributed by atoms with Gasteiger partial charge in [-0.05, 0) is 18.1 Å². The molecule has 2 nitrogen and oxygen atoms in total. The van der Waals surface area contributed by atoms with Crippen molar-refractivity contribution >= 4 is 22.6 Å². The lowest BCUT2D eigenvalue weighted by Crippen LogP contribution is -2.07. The van der Waals surface area contributed by atoms with Crippen molar-refractivity contribution in [3.8, 4) is 0 Å². The summed E-state index contributed by atoms with van der Waals surface area (Å²) in [6.45, 7) is 3.84. The molecule has 0 fully saturated rings. The van der Waals surface area contributed by atoms with E-state index in [0.717, 1.165) is 18.0 Å². The molecule has 0 saturated carbocycles. The summed E-state index contributed by atoms with van der Waals surface area (Å²) < 4.78 is 39.1. The highest BCUT2D eigenvalue weighted by atomic mass is 79.9. The van der Waals surface area contributed by atoms with Crippen LogP contribution in [0.1, 0.15) is 31.0 Å². The maximum absolute atomic E-state index is 12.5. The molecule has 0 aromatic carbocycles. The predicted octanol–water partition coefficient (Wildman–Crippen LogP) is 4.05. The zero-order chi connectivity index (χ0) is 11.9. The van der Waals surface area contributed by atoms with Crippen molar-refractivity contribution in [2.24, 2.45) is 0 Å². The van der Waals surface area contributed by atoms with Crippen LogP contribution in [0.2, 0.25) is 0 Å². The van der Waals surface area contributed by atoms with Crippen LogP contribution in [-0.2, 0) is 6.18 Å². The third kappa shape index (κ3) is 2.62. The molecule has 0 atom stereocenters. The molecule has 0 unspecified atom stereocenters. The fourth-order valence-corrected chi connectivity index (χ4v) is 1.59. The van der Waals surface area contributed by atoms with E-state index in [2.05, 4.69) is 4.98 Å². The minimum absolute atomic E-state index is 0. The number of aromatic nitrogens is 2. The number of halogens is 4. The molecule has 2 heterocycles. The summed E-state index contributed by atoms with van der Waals surface area (Å²) in [6.07, 6.45) is -1.61. The number of rotatable bonds is 1. The molecule has 2 rings (SSSR count). The second-order valence-electron chi connectivity index (χ2n) is 3.98. The van der Waals surface area contributed by atoms with Crippen LogP contribution < -0.4 is 0 Å². The van der Waals surface area contributed by atoms with Gasteiger partial charge in [0, 0.05) is 18.1 Å². The Kier molecular flexibility index (Phi) is 3.86. The van der Waals surface area contributed by atoms with Crippen LogP contribution in [0.15, 0.2) is 24.5 Å². The van der Waals surface area contributed by atoms with Crippen molar-refractivity contribution in [1.82, 2.24) is 9.38 Å². The van der Waals surface area contributed by atoms with E-state index in [-0.39, 0.29) is 22.9 Å². The van der Waals surface area contributed by atoms with Gasteiger partial charge in [-0.3, -0.25) is 0 Å². The normalized spacial score (nSPS) is 11.9. The molecule has 94 valence electrons. The smallest absolute Gasteiger partial charge is 0.303 e. The first kappa shape index (κ1) is 14.0. The summed E-state index contributed by atoms with van der Waals surface area (Å²) in [6, 6.07) is 2.43. The molecule has 2 aromatic rings. The fourth-order valence-electron chi connectivity index (χ4n) is 1.59. The number of imidazole rings is 1. The average molecular weight is 309 g/mol. The van der Waals surface area contributed by atoms with Gasteiger partial charge in [0.2, 0.25) is 0 Å². The fraction of sp³-hybridized carbons (Fsp3) is 0.364. The molecule has 0 spiro atoms. The van der Waals surface area contributed by atoms with E-state index in [0.29, 0.717) is 5.65 Å². The van der Waals surface area contributed by atoms with E-state index < -0.39 is 11.7 Å². The van der Waals surface area contributed by atoms with Crippen molar-refractivity contribution in [2.75, 3.05) is 0 Å². The molecule has 0 aliphatic carbocycles. The highest BCUT2D eigenvalue weighted by molar-refractivity contribution is 8.93. The van der Waals surface area contributed by atoms with Gasteiger partial charge in [-0.1, -0.05) is 13.8 Å².